The van der Waals surface area contributed by atoms with E-state index in [2.05, 4.69) is 14.8 Å². The number of pyridine rings is 1. The molecule has 0 unspecified atom stereocenters. The third kappa shape index (κ3) is 3.25. The molecular weight excluding hydrogens is 295 g/mol. The molecule has 3 aromatic rings. The first-order chi connectivity index (χ1) is 10.5. The van der Waals surface area contributed by atoms with Crippen LogP contribution in [0.1, 0.15) is 0 Å². The number of nitrogens with zero attached hydrogens (tertiary/aromatic N) is 3. The van der Waals surface area contributed by atoms with Gasteiger partial charge < -0.3 is 4.74 Å². The number of hydrogen-bond acceptors (Lipinski definition) is 3. The summed E-state index contributed by atoms with van der Waals surface area (Å²) in [7, 11) is 0. The summed E-state index contributed by atoms with van der Waals surface area (Å²) in [6, 6.07) is 9.20. The maximum atomic E-state index is 12.1. The van der Waals surface area contributed by atoms with Crippen molar-refractivity contribution in [2.45, 2.75) is 6.36 Å². The van der Waals surface area contributed by atoms with Gasteiger partial charge in [-0.05, 0) is 42.0 Å². The summed E-state index contributed by atoms with van der Waals surface area (Å²) >= 11 is 0. The lowest BCUT2D eigenvalue weighted by Gasteiger charge is -2.09. The van der Waals surface area contributed by atoms with E-state index in [0.29, 0.717) is 5.69 Å². The van der Waals surface area contributed by atoms with E-state index < -0.39 is 6.36 Å². The molecular formula is C15H10F3N3O. The molecule has 0 N–H and O–H groups in total. The zero-order chi connectivity index (χ0) is 15.6. The molecule has 0 saturated carbocycles. The summed E-state index contributed by atoms with van der Waals surface area (Å²) in [5.41, 5.74) is 2.48. The molecule has 2 aromatic heterocycles. The topological polar surface area (TPSA) is 39.9 Å². The van der Waals surface area contributed by atoms with Crippen molar-refractivity contribution in [3.05, 3.63) is 61.2 Å². The van der Waals surface area contributed by atoms with Crippen LogP contribution in [0.3, 0.4) is 0 Å². The zero-order valence-electron chi connectivity index (χ0n) is 11.2. The number of rotatable bonds is 3. The highest BCUT2D eigenvalue weighted by Gasteiger charge is 2.30. The van der Waals surface area contributed by atoms with Crippen molar-refractivity contribution in [3.63, 3.8) is 0 Å². The molecule has 1 aromatic carbocycles. The van der Waals surface area contributed by atoms with Crippen molar-refractivity contribution in [3.8, 4) is 22.6 Å². The van der Waals surface area contributed by atoms with E-state index in [9.17, 15) is 13.2 Å². The van der Waals surface area contributed by atoms with E-state index in [1.54, 1.807) is 29.5 Å². The average molecular weight is 305 g/mol. The summed E-state index contributed by atoms with van der Waals surface area (Å²) in [5.74, 6) is -0.266. The molecule has 0 aliphatic carbocycles. The highest BCUT2D eigenvalue weighted by Crippen LogP contribution is 2.24. The number of hydrogen-bond donors (Lipinski definition) is 0. The highest BCUT2D eigenvalue weighted by atomic mass is 19.4. The van der Waals surface area contributed by atoms with Crippen LogP contribution in [0.5, 0.6) is 5.75 Å². The highest BCUT2D eigenvalue weighted by molar-refractivity contribution is 5.61. The van der Waals surface area contributed by atoms with Crippen LogP contribution in [0.25, 0.3) is 16.8 Å². The van der Waals surface area contributed by atoms with Crippen LogP contribution in [0.15, 0.2) is 61.2 Å². The van der Waals surface area contributed by atoms with Crippen molar-refractivity contribution in [1.82, 2.24) is 14.8 Å². The Hall–Kier alpha value is -2.83. The summed E-state index contributed by atoms with van der Waals surface area (Å²) in [6.07, 6.45) is 2.12. The van der Waals surface area contributed by atoms with Crippen molar-refractivity contribution in [1.29, 1.82) is 0 Å². The minimum atomic E-state index is -4.69. The van der Waals surface area contributed by atoms with Crippen LogP contribution in [-0.2, 0) is 0 Å². The van der Waals surface area contributed by atoms with Crippen LogP contribution in [0, 0.1) is 0 Å². The van der Waals surface area contributed by atoms with Crippen LogP contribution < -0.4 is 4.74 Å². The Labute approximate surface area is 123 Å². The van der Waals surface area contributed by atoms with Gasteiger partial charge in [0.25, 0.3) is 0 Å². The molecule has 3 rings (SSSR count). The van der Waals surface area contributed by atoms with Gasteiger partial charge in [0.05, 0.1) is 11.9 Å². The van der Waals surface area contributed by atoms with E-state index in [1.165, 1.54) is 24.3 Å². The number of aromatic nitrogens is 3. The van der Waals surface area contributed by atoms with Crippen LogP contribution >= 0.6 is 0 Å². The van der Waals surface area contributed by atoms with Gasteiger partial charge >= 0.3 is 6.36 Å². The smallest absolute Gasteiger partial charge is 0.406 e. The molecule has 0 amide bonds. The molecule has 0 aliphatic rings. The van der Waals surface area contributed by atoms with Crippen LogP contribution in [-0.4, -0.2) is 21.1 Å². The Bertz CT molecular complexity index is 752. The summed E-state index contributed by atoms with van der Waals surface area (Å²) in [6.45, 7) is 0. The van der Waals surface area contributed by atoms with E-state index in [1.807, 2.05) is 12.1 Å². The Balaban J connectivity index is 1.82. The molecule has 0 bridgehead atoms. The lowest BCUT2D eigenvalue weighted by atomic mass is 10.1. The quantitative estimate of drug-likeness (QED) is 0.738. The van der Waals surface area contributed by atoms with Gasteiger partial charge in [-0.3, -0.25) is 4.98 Å². The van der Waals surface area contributed by atoms with E-state index in [0.717, 1.165) is 11.1 Å². The van der Waals surface area contributed by atoms with Gasteiger partial charge in [0.15, 0.2) is 0 Å². The first-order valence-corrected chi connectivity index (χ1v) is 6.32. The monoisotopic (exact) mass is 305 g/mol. The largest absolute Gasteiger partial charge is 0.573 e. The fourth-order valence-electron chi connectivity index (χ4n) is 1.96. The average Bonchev–Trinajstić information content (AvgIpc) is 2.97. The Kier molecular flexibility index (Phi) is 3.54. The lowest BCUT2D eigenvalue weighted by molar-refractivity contribution is -0.274. The molecule has 7 heteroatoms. The predicted octanol–water partition coefficient (Wildman–Crippen LogP) is 3.83. The number of alkyl halides is 3. The summed E-state index contributed by atoms with van der Waals surface area (Å²) in [5, 5.41) is 4.20. The Morgan fingerprint density at radius 3 is 2.23 bits per heavy atom. The van der Waals surface area contributed by atoms with E-state index in [4.69, 9.17) is 0 Å². The van der Waals surface area contributed by atoms with Crippen LogP contribution in [0.2, 0.25) is 0 Å². The van der Waals surface area contributed by atoms with Gasteiger partial charge in [-0.15, -0.1) is 13.2 Å². The number of halogens is 3. The number of benzene rings is 1. The minimum Gasteiger partial charge on any atom is -0.406 e. The molecule has 0 atom stereocenters. The van der Waals surface area contributed by atoms with Gasteiger partial charge in [-0.25, -0.2) is 4.68 Å². The predicted molar refractivity (Wildman–Crippen MR) is 73.5 cm³/mol. The van der Waals surface area contributed by atoms with Gasteiger partial charge in [-0.1, -0.05) is 0 Å². The molecule has 0 fully saturated rings. The standard InChI is InChI=1S/C15H10F3N3O/c16-15(17,18)22-14-3-1-13(2-4-14)21-10-12(9-20-21)11-5-7-19-8-6-11/h1-10H. The normalized spacial score (nSPS) is 11.4. The third-order valence-electron chi connectivity index (χ3n) is 2.93. The van der Waals surface area contributed by atoms with Crippen molar-refractivity contribution < 1.29 is 17.9 Å². The van der Waals surface area contributed by atoms with Crippen molar-refractivity contribution in [2.24, 2.45) is 0 Å². The van der Waals surface area contributed by atoms with E-state index >= 15 is 0 Å². The second-order valence-corrected chi connectivity index (χ2v) is 4.45. The first-order valence-electron chi connectivity index (χ1n) is 6.32. The molecule has 4 nitrogen and oxygen atoms in total. The first kappa shape index (κ1) is 14.1. The van der Waals surface area contributed by atoms with Gasteiger partial charge in [0, 0.05) is 24.2 Å². The second-order valence-electron chi connectivity index (χ2n) is 4.45. The van der Waals surface area contributed by atoms with Crippen LogP contribution in [0.4, 0.5) is 13.2 Å². The maximum Gasteiger partial charge on any atom is 0.573 e. The maximum absolute atomic E-state index is 12.1. The van der Waals surface area contributed by atoms with E-state index in [-0.39, 0.29) is 5.75 Å². The molecule has 0 radical (unpaired) electrons. The summed E-state index contributed by atoms with van der Waals surface area (Å²) < 4.78 is 41.7. The van der Waals surface area contributed by atoms with Crippen molar-refractivity contribution >= 4 is 0 Å². The second kappa shape index (κ2) is 5.51. The van der Waals surface area contributed by atoms with Gasteiger partial charge in [0.1, 0.15) is 5.75 Å². The van der Waals surface area contributed by atoms with Crippen molar-refractivity contribution in [2.75, 3.05) is 0 Å². The minimum absolute atomic E-state index is 0.266. The number of ether oxygens (including phenoxy) is 1. The Morgan fingerprint density at radius 2 is 1.59 bits per heavy atom. The SMILES string of the molecule is FC(F)(F)Oc1ccc(-n2cc(-c3ccncc3)cn2)cc1. The fourth-order valence-corrected chi connectivity index (χ4v) is 1.96. The summed E-state index contributed by atoms with van der Waals surface area (Å²) in [4.78, 5) is 3.94. The molecule has 2 heterocycles. The zero-order valence-corrected chi connectivity index (χ0v) is 11.2. The molecule has 0 saturated heterocycles. The fraction of sp³-hybridized carbons (Fsp3) is 0.0667. The third-order valence-corrected chi connectivity index (χ3v) is 2.93. The Morgan fingerprint density at radius 1 is 0.909 bits per heavy atom. The lowest BCUT2D eigenvalue weighted by Crippen LogP contribution is -2.17. The van der Waals surface area contributed by atoms with Gasteiger partial charge in [-0.2, -0.15) is 5.10 Å². The molecule has 0 aliphatic heterocycles. The molecule has 0 spiro atoms. The van der Waals surface area contributed by atoms with Gasteiger partial charge in [0.2, 0.25) is 0 Å². The molecule has 22 heavy (non-hydrogen) atoms. The molecule has 112 valence electrons.